The molecule has 17 heavy (non-hydrogen) atoms. The van der Waals surface area contributed by atoms with Crippen LogP contribution in [0.1, 0.15) is 23.8 Å². The molecule has 0 fully saturated rings. The maximum Gasteiger partial charge on any atom is 0.272 e. The van der Waals surface area contributed by atoms with Crippen LogP contribution in [-0.2, 0) is 0 Å². The highest BCUT2D eigenvalue weighted by Gasteiger charge is 2.18. The fourth-order valence-corrected chi connectivity index (χ4v) is 2.31. The Morgan fingerprint density at radius 3 is 2.88 bits per heavy atom. The van der Waals surface area contributed by atoms with E-state index in [4.69, 9.17) is 0 Å². The molecule has 1 heterocycles. The fraction of sp³-hybridized carbons (Fsp3) is 0.500. The van der Waals surface area contributed by atoms with Gasteiger partial charge in [-0.3, -0.25) is 4.79 Å². The molecule has 0 bridgehead atoms. The molecule has 1 unspecified atom stereocenters. The van der Waals surface area contributed by atoms with Crippen molar-refractivity contribution in [2.45, 2.75) is 19.4 Å². The monoisotopic (exact) mass is 316 g/mol. The average molecular weight is 317 g/mol. The van der Waals surface area contributed by atoms with Crippen molar-refractivity contribution in [1.29, 1.82) is 0 Å². The van der Waals surface area contributed by atoms with Crippen LogP contribution >= 0.6 is 27.7 Å². The van der Waals surface area contributed by atoms with E-state index in [-0.39, 0.29) is 11.9 Å². The number of hydrogen-bond acceptors (Lipinski definition) is 3. The standard InChI is InChI=1S/C12H17BrN2OS/c1-9(7-8-17-3)15(2)12(16)10-5-4-6-11(13)14-10/h4-6,9H,7-8H2,1-3H3. The number of nitrogens with zero attached hydrogens (tertiary/aromatic N) is 2. The summed E-state index contributed by atoms with van der Waals surface area (Å²) in [6.45, 7) is 2.06. The van der Waals surface area contributed by atoms with Crippen molar-refractivity contribution in [2.75, 3.05) is 19.1 Å². The second kappa shape index (κ2) is 7.01. The van der Waals surface area contributed by atoms with Gasteiger partial charge in [0.05, 0.1) is 0 Å². The Labute approximate surface area is 115 Å². The quantitative estimate of drug-likeness (QED) is 0.783. The number of carbonyl (C=O) groups excluding carboxylic acids is 1. The molecule has 0 radical (unpaired) electrons. The number of amides is 1. The molecule has 1 rings (SSSR count). The molecular formula is C12H17BrN2OS. The van der Waals surface area contributed by atoms with E-state index in [0.29, 0.717) is 10.3 Å². The number of pyridine rings is 1. The lowest BCUT2D eigenvalue weighted by atomic mass is 10.2. The lowest BCUT2D eigenvalue weighted by molar-refractivity contribution is 0.0735. The number of carbonyl (C=O) groups is 1. The second-order valence-electron chi connectivity index (χ2n) is 3.89. The van der Waals surface area contributed by atoms with Gasteiger partial charge >= 0.3 is 0 Å². The zero-order valence-corrected chi connectivity index (χ0v) is 12.7. The summed E-state index contributed by atoms with van der Waals surface area (Å²) in [4.78, 5) is 18.1. The predicted octanol–water partition coefficient (Wildman–Crippen LogP) is 3.06. The van der Waals surface area contributed by atoms with Gasteiger partial charge in [-0.1, -0.05) is 6.07 Å². The van der Waals surface area contributed by atoms with Crippen molar-refractivity contribution in [3.8, 4) is 0 Å². The Balaban J connectivity index is 2.69. The highest BCUT2D eigenvalue weighted by atomic mass is 79.9. The minimum Gasteiger partial charge on any atom is -0.338 e. The Morgan fingerprint density at radius 2 is 2.29 bits per heavy atom. The van der Waals surface area contributed by atoms with Crippen LogP contribution in [0.3, 0.4) is 0 Å². The molecule has 94 valence electrons. The molecular weight excluding hydrogens is 300 g/mol. The first-order valence-corrected chi connectivity index (χ1v) is 7.63. The number of halogens is 1. The SMILES string of the molecule is CSCCC(C)N(C)C(=O)c1cccc(Br)n1. The molecule has 1 aromatic heterocycles. The number of thioether (sulfide) groups is 1. The molecule has 0 aliphatic heterocycles. The van der Waals surface area contributed by atoms with Crippen LogP contribution in [0.4, 0.5) is 0 Å². The first kappa shape index (κ1) is 14.5. The Kier molecular flexibility index (Phi) is 5.98. The summed E-state index contributed by atoms with van der Waals surface area (Å²) in [5, 5.41) is 0. The van der Waals surface area contributed by atoms with Crippen LogP contribution in [0.15, 0.2) is 22.8 Å². The van der Waals surface area contributed by atoms with Crippen LogP contribution < -0.4 is 0 Å². The summed E-state index contributed by atoms with van der Waals surface area (Å²) >= 11 is 5.07. The normalized spacial score (nSPS) is 12.2. The third kappa shape index (κ3) is 4.32. The van der Waals surface area contributed by atoms with Gasteiger partial charge in [-0.15, -0.1) is 0 Å². The van der Waals surface area contributed by atoms with Crippen LogP contribution in [-0.4, -0.2) is 40.9 Å². The summed E-state index contributed by atoms with van der Waals surface area (Å²) < 4.78 is 0.688. The van der Waals surface area contributed by atoms with E-state index in [1.807, 2.05) is 19.2 Å². The van der Waals surface area contributed by atoms with E-state index >= 15 is 0 Å². The van der Waals surface area contributed by atoms with Crippen molar-refractivity contribution in [3.63, 3.8) is 0 Å². The molecule has 5 heteroatoms. The van der Waals surface area contributed by atoms with E-state index in [1.165, 1.54) is 0 Å². The van der Waals surface area contributed by atoms with Gasteiger partial charge in [0.2, 0.25) is 0 Å². The van der Waals surface area contributed by atoms with Gasteiger partial charge < -0.3 is 4.90 Å². The first-order valence-electron chi connectivity index (χ1n) is 5.45. The van der Waals surface area contributed by atoms with Crippen molar-refractivity contribution < 1.29 is 4.79 Å². The summed E-state index contributed by atoms with van der Waals surface area (Å²) in [6.07, 6.45) is 3.07. The average Bonchev–Trinajstić information content (AvgIpc) is 2.34. The lowest BCUT2D eigenvalue weighted by Gasteiger charge is -2.24. The van der Waals surface area contributed by atoms with Gasteiger partial charge in [0.1, 0.15) is 10.3 Å². The van der Waals surface area contributed by atoms with Gasteiger partial charge in [0, 0.05) is 13.1 Å². The highest BCUT2D eigenvalue weighted by Crippen LogP contribution is 2.12. The van der Waals surface area contributed by atoms with Gasteiger partial charge in [-0.05, 0) is 53.4 Å². The van der Waals surface area contributed by atoms with E-state index in [1.54, 1.807) is 22.7 Å². The van der Waals surface area contributed by atoms with E-state index in [9.17, 15) is 4.79 Å². The molecule has 1 amide bonds. The van der Waals surface area contributed by atoms with E-state index in [0.717, 1.165) is 12.2 Å². The minimum atomic E-state index is -0.0279. The van der Waals surface area contributed by atoms with Crippen LogP contribution in [0, 0.1) is 0 Å². The molecule has 3 nitrogen and oxygen atoms in total. The van der Waals surface area contributed by atoms with Gasteiger partial charge in [0.15, 0.2) is 0 Å². The maximum atomic E-state index is 12.1. The van der Waals surface area contributed by atoms with Gasteiger partial charge in [0.25, 0.3) is 5.91 Å². The Hall–Kier alpha value is -0.550. The summed E-state index contributed by atoms with van der Waals surface area (Å²) in [6, 6.07) is 5.61. The molecule has 0 spiro atoms. The Bertz CT molecular complexity index is 387. The van der Waals surface area contributed by atoms with Crippen LogP contribution in [0.25, 0.3) is 0 Å². The van der Waals surface area contributed by atoms with Crippen LogP contribution in [0.5, 0.6) is 0 Å². The fourth-order valence-electron chi connectivity index (χ4n) is 1.39. The molecule has 0 aliphatic rings. The summed E-state index contributed by atoms with van der Waals surface area (Å²) in [7, 11) is 1.83. The second-order valence-corrected chi connectivity index (χ2v) is 5.69. The molecule has 0 saturated carbocycles. The molecule has 0 aliphatic carbocycles. The Morgan fingerprint density at radius 1 is 1.59 bits per heavy atom. The first-order chi connectivity index (χ1) is 8.06. The molecule has 1 aromatic rings. The largest absolute Gasteiger partial charge is 0.338 e. The van der Waals surface area contributed by atoms with Gasteiger partial charge in [-0.2, -0.15) is 11.8 Å². The number of aromatic nitrogens is 1. The summed E-state index contributed by atoms with van der Waals surface area (Å²) in [5.41, 5.74) is 0.484. The van der Waals surface area contributed by atoms with Crippen molar-refractivity contribution in [1.82, 2.24) is 9.88 Å². The molecule has 1 atom stereocenters. The molecule has 0 aromatic carbocycles. The lowest BCUT2D eigenvalue weighted by Crippen LogP contribution is -2.35. The van der Waals surface area contributed by atoms with Crippen molar-refractivity contribution in [2.24, 2.45) is 0 Å². The number of hydrogen-bond donors (Lipinski definition) is 0. The van der Waals surface area contributed by atoms with Crippen molar-refractivity contribution in [3.05, 3.63) is 28.5 Å². The molecule has 0 N–H and O–H groups in total. The van der Waals surface area contributed by atoms with Gasteiger partial charge in [-0.25, -0.2) is 4.98 Å². The minimum absolute atomic E-state index is 0.0279. The van der Waals surface area contributed by atoms with E-state index in [2.05, 4.69) is 34.1 Å². The zero-order valence-electron chi connectivity index (χ0n) is 10.3. The third-order valence-electron chi connectivity index (χ3n) is 2.66. The third-order valence-corrected chi connectivity index (χ3v) is 3.74. The van der Waals surface area contributed by atoms with Crippen molar-refractivity contribution >= 4 is 33.6 Å². The zero-order chi connectivity index (χ0) is 12.8. The molecule has 0 saturated heterocycles. The number of rotatable bonds is 5. The maximum absolute atomic E-state index is 12.1. The topological polar surface area (TPSA) is 33.2 Å². The summed E-state index contributed by atoms with van der Waals surface area (Å²) in [5.74, 6) is 1.03. The smallest absolute Gasteiger partial charge is 0.272 e. The van der Waals surface area contributed by atoms with Crippen LogP contribution in [0.2, 0.25) is 0 Å². The van der Waals surface area contributed by atoms with E-state index < -0.39 is 0 Å². The predicted molar refractivity (Wildman–Crippen MR) is 76.5 cm³/mol. The highest BCUT2D eigenvalue weighted by molar-refractivity contribution is 9.10.